The van der Waals surface area contributed by atoms with Gasteiger partial charge in [-0.25, -0.2) is 0 Å². The van der Waals surface area contributed by atoms with Crippen molar-refractivity contribution in [1.82, 2.24) is 10.2 Å². The maximum Gasteiger partial charge on any atom is 0.287 e. The average Bonchev–Trinajstić information content (AvgIpc) is 2.82. The average molecular weight is 266 g/mol. The van der Waals surface area contributed by atoms with E-state index >= 15 is 0 Å². The number of amides is 1. The summed E-state index contributed by atoms with van der Waals surface area (Å²) in [5.41, 5.74) is 0. The van der Waals surface area contributed by atoms with Crippen molar-refractivity contribution >= 4 is 5.91 Å². The molecular weight excluding hydrogens is 244 g/mol. The zero-order valence-corrected chi connectivity index (χ0v) is 11.6. The van der Waals surface area contributed by atoms with Crippen molar-refractivity contribution in [3.05, 3.63) is 23.7 Å². The predicted octanol–water partition coefficient (Wildman–Crippen LogP) is 1.37. The molecule has 0 saturated heterocycles. The van der Waals surface area contributed by atoms with Crippen LogP contribution in [0.3, 0.4) is 0 Å². The summed E-state index contributed by atoms with van der Waals surface area (Å²) in [5.74, 6) is 0.966. The first-order valence-electron chi connectivity index (χ1n) is 6.92. The molecule has 1 saturated carbocycles. The Morgan fingerprint density at radius 1 is 1.42 bits per heavy atom. The molecular formula is C14H22N2O3. The monoisotopic (exact) mass is 266 g/mol. The Hall–Kier alpha value is -1.33. The molecule has 1 aliphatic carbocycles. The number of carbonyl (C=O) groups is 1. The lowest BCUT2D eigenvalue weighted by Crippen LogP contribution is -2.46. The summed E-state index contributed by atoms with van der Waals surface area (Å²) >= 11 is 0. The Morgan fingerprint density at radius 2 is 2.11 bits per heavy atom. The van der Waals surface area contributed by atoms with E-state index < -0.39 is 0 Å². The van der Waals surface area contributed by atoms with Gasteiger partial charge < -0.3 is 14.8 Å². The highest BCUT2D eigenvalue weighted by Crippen LogP contribution is 2.20. The minimum atomic E-state index is -0.264. The topological polar surface area (TPSA) is 65.7 Å². The SMILES string of the molecule is CCN(CC)Cc1ccc(C(=O)NC2CC(O)C2)o1. The Labute approximate surface area is 113 Å². The summed E-state index contributed by atoms with van der Waals surface area (Å²) in [6.45, 7) is 6.84. The summed E-state index contributed by atoms with van der Waals surface area (Å²) in [5, 5.41) is 12.0. The first kappa shape index (κ1) is 14.1. The molecule has 1 aliphatic rings. The molecule has 1 fully saturated rings. The van der Waals surface area contributed by atoms with Gasteiger partial charge in [0.2, 0.25) is 0 Å². The quantitative estimate of drug-likeness (QED) is 0.816. The maximum absolute atomic E-state index is 11.9. The molecule has 5 nitrogen and oxygen atoms in total. The van der Waals surface area contributed by atoms with Crippen molar-refractivity contribution in [2.75, 3.05) is 13.1 Å². The largest absolute Gasteiger partial charge is 0.455 e. The Bertz CT molecular complexity index is 420. The van der Waals surface area contributed by atoms with E-state index in [0.717, 1.165) is 25.4 Å². The van der Waals surface area contributed by atoms with E-state index in [-0.39, 0.29) is 18.1 Å². The third kappa shape index (κ3) is 3.58. The highest BCUT2D eigenvalue weighted by Gasteiger charge is 2.29. The molecule has 0 radical (unpaired) electrons. The van der Waals surface area contributed by atoms with Crippen molar-refractivity contribution in [3.8, 4) is 0 Å². The minimum absolute atomic E-state index is 0.0823. The predicted molar refractivity (Wildman–Crippen MR) is 71.8 cm³/mol. The van der Waals surface area contributed by atoms with Crippen LogP contribution < -0.4 is 5.32 Å². The van der Waals surface area contributed by atoms with Gasteiger partial charge in [0.1, 0.15) is 5.76 Å². The number of hydrogen-bond acceptors (Lipinski definition) is 4. The van der Waals surface area contributed by atoms with E-state index in [1.165, 1.54) is 0 Å². The van der Waals surface area contributed by atoms with E-state index in [2.05, 4.69) is 24.1 Å². The molecule has 1 heterocycles. The van der Waals surface area contributed by atoms with Crippen LogP contribution in [0.2, 0.25) is 0 Å². The molecule has 19 heavy (non-hydrogen) atoms. The number of hydrogen-bond donors (Lipinski definition) is 2. The van der Waals surface area contributed by atoms with Crippen LogP contribution in [-0.2, 0) is 6.54 Å². The lowest BCUT2D eigenvalue weighted by atomic mass is 9.89. The van der Waals surface area contributed by atoms with Crippen LogP contribution in [0.5, 0.6) is 0 Å². The summed E-state index contributed by atoms with van der Waals surface area (Å²) in [6.07, 6.45) is 1.01. The van der Waals surface area contributed by atoms with Crippen LogP contribution in [-0.4, -0.2) is 41.1 Å². The standard InChI is InChI=1S/C14H22N2O3/c1-3-16(4-2)9-12-5-6-13(19-12)14(18)15-10-7-11(17)8-10/h5-6,10-11,17H,3-4,7-9H2,1-2H3,(H,15,18). The number of aliphatic hydroxyl groups is 1. The first-order valence-corrected chi connectivity index (χ1v) is 6.92. The van der Waals surface area contributed by atoms with Crippen LogP contribution in [0.4, 0.5) is 0 Å². The molecule has 1 aromatic heterocycles. The van der Waals surface area contributed by atoms with Gasteiger partial charge in [0.15, 0.2) is 5.76 Å². The molecule has 0 atom stereocenters. The Kier molecular flexibility index (Phi) is 4.61. The second-order valence-corrected chi connectivity index (χ2v) is 5.02. The van der Waals surface area contributed by atoms with Crippen LogP contribution in [0.25, 0.3) is 0 Å². The highest BCUT2D eigenvalue weighted by molar-refractivity contribution is 5.91. The number of carbonyl (C=O) groups excluding carboxylic acids is 1. The molecule has 5 heteroatoms. The van der Waals surface area contributed by atoms with Crippen molar-refractivity contribution in [1.29, 1.82) is 0 Å². The lowest BCUT2D eigenvalue weighted by Gasteiger charge is -2.31. The second kappa shape index (κ2) is 6.21. The molecule has 1 amide bonds. The van der Waals surface area contributed by atoms with Crippen LogP contribution in [0.15, 0.2) is 16.5 Å². The van der Waals surface area contributed by atoms with Gasteiger partial charge in [-0.3, -0.25) is 9.69 Å². The number of aliphatic hydroxyl groups excluding tert-OH is 1. The van der Waals surface area contributed by atoms with Gasteiger partial charge in [0.25, 0.3) is 5.91 Å². The van der Waals surface area contributed by atoms with Crippen molar-refractivity contribution < 1.29 is 14.3 Å². The number of furan rings is 1. The zero-order chi connectivity index (χ0) is 13.8. The molecule has 2 N–H and O–H groups in total. The highest BCUT2D eigenvalue weighted by atomic mass is 16.4. The minimum Gasteiger partial charge on any atom is -0.455 e. The molecule has 0 bridgehead atoms. The van der Waals surface area contributed by atoms with Crippen LogP contribution >= 0.6 is 0 Å². The molecule has 0 unspecified atom stereocenters. The number of rotatable bonds is 6. The van der Waals surface area contributed by atoms with Gasteiger partial charge in [-0.2, -0.15) is 0 Å². The third-order valence-electron chi connectivity index (χ3n) is 3.61. The van der Waals surface area contributed by atoms with E-state index in [1.807, 2.05) is 6.07 Å². The maximum atomic E-state index is 11.9. The van der Waals surface area contributed by atoms with Crippen molar-refractivity contribution in [3.63, 3.8) is 0 Å². The van der Waals surface area contributed by atoms with Crippen molar-refractivity contribution in [2.45, 2.75) is 45.4 Å². The second-order valence-electron chi connectivity index (χ2n) is 5.02. The Balaban J connectivity index is 1.87. The molecule has 0 spiro atoms. The normalized spacial score (nSPS) is 22.3. The zero-order valence-electron chi connectivity index (χ0n) is 11.6. The summed E-state index contributed by atoms with van der Waals surface area (Å²) in [4.78, 5) is 14.1. The van der Waals surface area contributed by atoms with Gasteiger partial charge in [-0.15, -0.1) is 0 Å². The third-order valence-corrected chi connectivity index (χ3v) is 3.61. The van der Waals surface area contributed by atoms with Gasteiger partial charge >= 0.3 is 0 Å². The van der Waals surface area contributed by atoms with Gasteiger partial charge in [0.05, 0.1) is 12.6 Å². The molecule has 0 aromatic carbocycles. The van der Waals surface area contributed by atoms with Crippen LogP contribution in [0, 0.1) is 0 Å². The lowest BCUT2D eigenvalue weighted by molar-refractivity contribution is 0.0550. The molecule has 1 aromatic rings. The van der Waals surface area contributed by atoms with E-state index in [9.17, 15) is 9.90 Å². The number of nitrogens with one attached hydrogen (secondary N) is 1. The summed E-state index contributed by atoms with van der Waals surface area (Å²) < 4.78 is 5.56. The fourth-order valence-electron chi connectivity index (χ4n) is 2.21. The van der Waals surface area contributed by atoms with Crippen molar-refractivity contribution in [2.24, 2.45) is 0 Å². The van der Waals surface area contributed by atoms with E-state index in [1.54, 1.807) is 6.07 Å². The fourth-order valence-corrected chi connectivity index (χ4v) is 2.21. The van der Waals surface area contributed by atoms with Gasteiger partial charge in [0, 0.05) is 6.04 Å². The molecule has 106 valence electrons. The molecule has 0 aliphatic heterocycles. The molecule has 2 rings (SSSR count). The fraction of sp³-hybridized carbons (Fsp3) is 0.643. The first-order chi connectivity index (χ1) is 9.12. The van der Waals surface area contributed by atoms with E-state index in [4.69, 9.17) is 4.42 Å². The van der Waals surface area contributed by atoms with E-state index in [0.29, 0.717) is 18.6 Å². The smallest absolute Gasteiger partial charge is 0.287 e. The van der Waals surface area contributed by atoms with Gasteiger partial charge in [-0.1, -0.05) is 13.8 Å². The van der Waals surface area contributed by atoms with Gasteiger partial charge in [-0.05, 0) is 38.1 Å². The summed E-state index contributed by atoms with van der Waals surface area (Å²) in [7, 11) is 0. The summed E-state index contributed by atoms with van der Waals surface area (Å²) in [6, 6.07) is 3.64. The van der Waals surface area contributed by atoms with Crippen LogP contribution in [0.1, 0.15) is 43.0 Å². The number of nitrogens with zero attached hydrogens (tertiary/aromatic N) is 1. The Morgan fingerprint density at radius 3 is 2.68 bits per heavy atom.